The lowest BCUT2D eigenvalue weighted by molar-refractivity contribution is -0.140. The first-order valence-electron chi connectivity index (χ1n) is 7.81. The summed E-state index contributed by atoms with van der Waals surface area (Å²) in [6.07, 6.45) is 0.924. The molecule has 2 aromatic carbocycles. The SMILES string of the molecule is Cc1ccc(-c2ccc(S(=O)(=O)N3CCC[C@H]3C(=O)O)cc2)cc1. The van der Waals surface area contributed by atoms with Crippen LogP contribution in [0.1, 0.15) is 18.4 Å². The van der Waals surface area contributed by atoms with Crippen molar-refractivity contribution < 1.29 is 18.3 Å². The van der Waals surface area contributed by atoms with Crippen LogP contribution in [0.15, 0.2) is 53.4 Å². The Morgan fingerprint density at radius 1 is 1.04 bits per heavy atom. The van der Waals surface area contributed by atoms with Gasteiger partial charge < -0.3 is 5.11 Å². The van der Waals surface area contributed by atoms with Crippen LogP contribution in [-0.4, -0.2) is 36.4 Å². The van der Waals surface area contributed by atoms with Crippen molar-refractivity contribution in [2.24, 2.45) is 0 Å². The van der Waals surface area contributed by atoms with Gasteiger partial charge in [0.25, 0.3) is 0 Å². The maximum Gasteiger partial charge on any atom is 0.322 e. The molecule has 1 heterocycles. The first-order chi connectivity index (χ1) is 11.4. The van der Waals surface area contributed by atoms with E-state index in [1.807, 2.05) is 31.2 Å². The molecule has 0 aliphatic carbocycles. The fourth-order valence-corrected chi connectivity index (χ4v) is 4.63. The topological polar surface area (TPSA) is 74.7 Å². The van der Waals surface area contributed by atoms with Gasteiger partial charge in [0.15, 0.2) is 0 Å². The molecule has 0 saturated carbocycles. The molecule has 6 heteroatoms. The van der Waals surface area contributed by atoms with Gasteiger partial charge in [-0.3, -0.25) is 4.79 Å². The largest absolute Gasteiger partial charge is 0.480 e. The van der Waals surface area contributed by atoms with Gasteiger partial charge in [-0.15, -0.1) is 0 Å². The zero-order valence-corrected chi connectivity index (χ0v) is 14.2. The molecule has 1 aliphatic rings. The Morgan fingerprint density at radius 3 is 2.12 bits per heavy atom. The van der Waals surface area contributed by atoms with E-state index in [1.165, 1.54) is 0 Å². The van der Waals surface area contributed by atoms with Gasteiger partial charge in [-0.2, -0.15) is 4.31 Å². The summed E-state index contributed by atoms with van der Waals surface area (Å²) in [6.45, 7) is 2.26. The standard InChI is InChI=1S/C18H19NO4S/c1-13-4-6-14(7-5-13)15-8-10-16(11-9-15)24(22,23)19-12-2-3-17(19)18(20)21/h4-11,17H,2-3,12H2,1H3,(H,20,21)/t17-/m0/s1. The molecular weight excluding hydrogens is 326 g/mol. The van der Waals surface area contributed by atoms with E-state index >= 15 is 0 Å². The van der Waals surface area contributed by atoms with E-state index in [4.69, 9.17) is 0 Å². The number of aryl methyl sites for hydroxylation is 1. The van der Waals surface area contributed by atoms with Crippen LogP contribution in [0.2, 0.25) is 0 Å². The van der Waals surface area contributed by atoms with Crippen LogP contribution >= 0.6 is 0 Å². The van der Waals surface area contributed by atoms with Crippen molar-refractivity contribution in [3.8, 4) is 11.1 Å². The monoisotopic (exact) mass is 345 g/mol. The van der Waals surface area contributed by atoms with Crippen molar-refractivity contribution in [3.05, 3.63) is 54.1 Å². The van der Waals surface area contributed by atoms with Gasteiger partial charge >= 0.3 is 5.97 Å². The zero-order valence-electron chi connectivity index (χ0n) is 13.3. The van der Waals surface area contributed by atoms with Gasteiger partial charge in [-0.1, -0.05) is 42.0 Å². The van der Waals surface area contributed by atoms with E-state index in [-0.39, 0.29) is 11.4 Å². The van der Waals surface area contributed by atoms with E-state index in [9.17, 15) is 18.3 Å². The molecule has 1 atom stereocenters. The Kier molecular flexibility index (Phi) is 4.43. The zero-order chi connectivity index (χ0) is 17.3. The van der Waals surface area contributed by atoms with Crippen LogP contribution in [0.5, 0.6) is 0 Å². The minimum atomic E-state index is -3.79. The van der Waals surface area contributed by atoms with Gasteiger partial charge in [0.05, 0.1) is 4.90 Å². The highest BCUT2D eigenvalue weighted by atomic mass is 32.2. The molecule has 24 heavy (non-hydrogen) atoms. The van der Waals surface area contributed by atoms with Crippen LogP contribution in [0.3, 0.4) is 0 Å². The third kappa shape index (κ3) is 3.07. The molecule has 1 fully saturated rings. The summed E-state index contributed by atoms with van der Waals surface area (Å²) in [5.74, 6) is -1.09. The molecule has 1 aliphatic heterocycles. The minimum absolute atomic E-state index is 0.131. The number of benzene rings is 2. The average Bonchev–Trinajstić information content (AvgIpc) is 3.06. The molecule has 5 nitrogen and oxygen atoms in total. The second-order valence-electron chi connectivity index (χ2n) is 6.00. The van der Waals surface area contributed by atoms with Crippen molar-refractivity contribution >= 4 is 16.0 Å². The molecule has 126 valence electrons. The number of hydrogen-bond donors (Lipinski definition) is 1. The number of sulfonamides is 1. The predicted octanol–water partition coefficient (Wildman–Crippen LogP) is 2.90. The first kappa shape index (κ1) is 16.7. The number of carbonyl (C=O) groups is 1. The lowest BCUT2D eigenvalue weighted by atomic mass is 10.0. The quantitative estimate of drug-likeness (QED) is 0.924. The minimum Gasteiger partial charge on any atom is -0.480 e. The smallest absolute Gasteiger partial charge is 0.322 e. The maximum absolute atomic E-state index is 12.7. The average molecular weight is 345 g/mol. The van der Waals surface area contributed by atoms with Crippen LogP contribution in [0, 0.1) is 6.92 Å². The second kappa shape index (κ2) is 6.37. The van der Waals surface area contributed by atoms with Crippen molar-refractivity contribution in [1.82, 2.24) is 4.31 Å². The molecule has 0 bridgehead atoms. The fraction of sp³-hybridized carbons (Fsp3) is 0.278. The number of hydrogen-bond acceptors (Lipinski definition) is 3. The lowest BCUT2D eigenvalue weighted by Gasteiger charge is -2.21. The molecule has 1 saturated heterocycles. The van der Waals surface area contributed by atoms with Crippen molar-refractivity contribution in [2.75, 3.05) is 6.54 Å². The van der Waals surface area contributed by atoms with E-state index in [0.717, 1.165) is 21.0 Å². The molecular formula is C18H19NO4S. The van der Waals surface area contributed by atoms with Gasteiger partial charge in [0, 0.05) is 6.54 Å². The van der Waals surface area contributed by atoms with E-state index in [1.54, 1.807) is 24.3 Å². The number of carboxylic acids is 1. The molecule has 1 N–H and O–H groups in total. The number of aliphatic carboxylic acids is 1. The number of nitrogens with zero attached hydrogens (tertiary/aromatic N) is 1. The van der Waals surface area contributed by atoms with E-state index in [2.05, 4.69) is 0 Å². The third-order valence-corrected chi connectivity index (χ3v) is 6.26. The lowest BCUT2D eigenvalue weighted by Crippen LogP contribution is -2.40. The van der Waals surface area contributed by atoms with Crippen molar-refractivity contribution in [2.45, 2.75) is 30.7 Å². The highest BCUT2D eigenvalue weighted by Crippen LogP contribution is 2.28. The first-order valence-corrected chi connectivity index (χ1v) is 9.25. The van der Waals surface area contributed by atoms with Gasteiger partial charge in [0.2, 0.25) is 10.0 Å². The molecule has 0 spiro atoms. The van der Waals surface area contributed by atoms with E-state index in [0.29, 0.717) is 12.8 Å². The maximum atomic E-state index is 12.7. The number of carboxylic acid groups (broad SMARTS) is 1. The summed E-state index contributed by atoms with van der Waals surface area (Å²) in [5, 5.41) is 9.20. The highest BCUT2D eigenvalue weighted by Gasteiger charge is 2.39. The van der Waals surface area contributed by atoms with Crippen LogP contribution < -0.4 is 0 Å². The summed E-state index contributed by atoms with van der Waals surface area (Å²) < 4.78 is 26.5. The molecule has 0 radical (unpaired) electrons. The second-order valence-corrected chi connectivity index (χ2v) is 7.89. The van der Waals surface area contributed by atoms with Gasteiger partial charge in [-0.25, -0.2) is 8.42 Å². The Balaban J connectivity index is 1.89. The van der Waals surface area contributed by atoms with Crippen LogP contribution in [0.4, 0.5) is 0 Å². The summed E-state index contributed by atoms with van der Waals surface area (Å²) >= 11 is 0. The van der Waals surface area contributed by atoms with Crippen LogP contribution in [-0.2, 0) is 14.8 Å². The Morgan fingerprint density at radius 2 is 1.58 bits per heavy atom. The summed E-state index contributed by atoms with van der Waals surface area (Å²) in [5.41, 5.74) is 3.09. The summed E-state index contributed by atoms with van der Waals surface area (Å²) in [4.78, 5) is 11.4. The predicted molar refractivity (Wildman–Crippen MR) is 91.2 cm³/mol. The molecule has 0 aromatic heterocycles. The Bertz CT molecular complexity index is 842. The third-order valence-electron chi connectivity index (χ3n) is 4.33. The van der Waals surface area contributed by atoms with Crippen molar-refractivity contribution in [3.63, 3.8) is 0 Å². The summed E-state index contributed by atoms with van der Waals surface area (Å²) in [7, 11) is -3.79. The van der Waals surface area contributed by atoms with Gasteiger partial charge in [-0.05, 0) is 43.0 Å². The molecule has 0 unspecified atom stereocenters. The summed E-state index contributed by atoms with van der Waals surface area (Å²) in [6, 6.07) is 13.6. The molecule has 3 rings (SSSR count). The van der Waals surface area contributed by atoms with E-state index < -0.39 is 22.0 Å². The highest BCUT2D eigenvalue weighted by molar-refractivity contribution is 7.89. The Labute approximate surface area is 141 Å². The molecule has 0 amide bonds. The van der Waals surface area contributed by atoms with Crippen molar-refractivity contribution in [1.29, 1.82) is 0 Å². The fourth-order valence-electron chi connectivity index (χ4n) is 2.98. The molecule has 2 aromatic rings. The Hall–Kier alpha value is -2.18. The van der Waals surface area contributed by atoms with Crippen LogP contribution in [0.25, 0.3) is 11.1 Å². The van der Waals surface area contributed by atoms with Gasteiger partial charge in [0.1, 0.15) is 6.04 Å². The number of rotatable bonds is 4. The normalized spacial score (nSPS) is 18.6.